The van der Waals surface area contributed by atoms with Crippen LogP contribution in [0.4, 0.5) is 0 Å². The molecule has 1 aromatic heterocycles. The average molecular weight is 221 g/mol. The molecule has 0 bridgehead atoms. The number of hydrogen-bond donors (Lipinski definition) is 0. The van der Waals surface area contributed by atoms with Crippen molar-refractivity contribution in [1.82, 2.24) is 0 Å². The van der Waals surface area contributed by atoms with E-state index in [2.05, 4.69) is 0 Å². The first-order valence-corrected chi connectivity index (χ1v) is 5.37. The molecule has 0 spiro atoms. The standard InChI is InChI=1S/C12H9ClO2/c13-7-4-5-8-11(6-7)15-10-3-1-2-9(14)12(8)10/h4-6H,1-3H2. The maximum Gasteiger partial charge on any atom is 0.167 e. The van der Waals surface area contributed by atoms with Crippen molar-refractivity contribution in [3.63, 3.8) is 0 Å². The van der Waals surface area contributed by atoms with Crippen molar-refractivity contribution in [2.75, 3.05) is 0 Å². The monoisotopic (exact) mass is 220 g/mol. The van der Waals surface area contributed by atoms with E-state index in [1.165, 1.54) is 0 Å². The molecule has 15 heavy (non-hydrogen) atoms. The zero-order valence-corrected chi connectivity index (χ0v) is 8.80. The second-order valence-corrected chi connectivity index (χ2v) is 4.25. The van der Waals surface area contributed by atoms with Crippen molar-refractivity contribution >= 4 is 28.4 Å². The van der Waals surface area contributed by atoms with Gasteiger partial charge in [-0.1, -0.05) is 11.6 Å². The van der Waals surface area contributed by atoms with Crippen LogP contribution in [-0.2, 0) is 6.42 Å². The molecule has 0 N–H and O–H groups in total. The van der Waals surface area contributed by atoms with Gasteiger partial charge in [0, 0.05) is 29.3 Å². The molecule has 0 saturated carbocycles. The molecule has 0 amide bonds. The van der Waals surface area contributed by atoms with Gasteiger partial charge in [0.1, 0.15) is 11.3 Å². The molecule has 0 unspecified atom stereocenters. The molecule has 3 heteroatoms. The number of carbonyl (C=O) groups excluding carboxylic acids is 1. The number of aryl methyl sites for hydroxylation is 1. The second-order valence-electron chi connectivity index (χ2n) is 3.82. The second kappa shape index (κ2) is 3.11. The molecule has 1 aliphatic carbocycles. The lowest BCUT2D eigenvalue weighted by molar-refractivity contribution is 0.0971. The Morgan fingerprint density at radius 3 is 3.00 bits per heavy atom. The van der Waals surface area contributed by atoms with Crippen LogP contribution in [0, 0.1) is 0 Å². The van der Waals surface area contributed by atoms with Gasteiger partial charge < -0.3 is 4.42 Å². The van der Waals surface area contributed by atoms with Gasteiger partial charge in [0.05, 0.1) is 5.56 Å². The van der Waals surface area contributed by atoms with Crippen LogP contribution in [0.1, 0.15) is 29.0 Å². The Morgan fingerprint density at radius 2 is 2.13 bits per heavy atom. The van der Waals surface area contributed by atoms with E-state index in [-0.39, 0.29) is 5.78 Å². The van der Waals surface area contributed by atoms with Crippen LogP contribution < -0.4 is 0 Å². The minimum Gasteiger partial charge on any atom is -0.460 e. The van der Waals surface area contributed by atoms with Gasteiger partial charge in [-0.2, -0.15) is 0 Å². The van der Waals surface area contributed by atoms with E-state index in [9.17, 15) is 4.79 Å². The molecule has 1 heterocycles. The zero-order chi connectivity index (χ0) is 10.4. The average Bonchev–Trinajstić information content (AvgIpc) is 2.56. The van der Waals surface area contributed by atoms with Crippen LogP contribution in [0.3, 0.4) is 0 Å². The first-order valence-electron chi connectivity index (χ1n) is 5.00. The van der Waals surface area contributed by atoms with Gasteiger partial charge in [-0.25, -0.2) is 0 Å². The third-order valence-corrected chi connectivity index (χ3v) is 3.05. The van der Waals surface area contributed by atoms with Gasteiger partial charge in [0.2, 0.25) is 0 Å². The predicted molar refractivity (Wildman–Crippen MR) is 58.5 cm³/mol. The highest BCUT2D eigenvalue weighted by atomic mass is 35.5. The first-order chi connectivity index (χ1) is 7.25. The van der Waals surface area contributed by atoms with E-state index in [0.717, 1.165) is 35.1 Å². The van der Waals surface area contributed by atoms with Crippen LogP contribution in [-0.4, -0.2) is 5.78 Å². The molecular formula is C12H9ClO2. The molecule has 76 valence electrons. The van der Waals surface area contributed by atoms with Crippen molar-refractivity contribution in [1.29, 1.82) is 0 Å². The smallest absolute Gasteiger partial charge is 0.167 e. The third kappa shape index (κ3) is 1.29. The zero-order valence-electron chi connectivity index (χ0n) is 8.05. The number of hydrogen-bond acceptors (Lipinski definition) is 2. The summed E-state index contributed by atoms with van der Waals surface area (Å²) in [6.45, 7) is 0. The lowest BCUT2D eigenvalue weighted by atomic mass is 9.95. The van der Waals surface area contributed by atoms with E-state index < -0.39 is 0 Å². The molecule has 2 nitrogen and oxygen atoms in total. The maximum absolute atomic E-state index is 11.8. The number of ketones is 1. The molecule has 0 aliphatic heterocycles. The van der Waals surface area contributed by atoms with Gasteiger partial charge in [-0.3, -0.25) is 4.79 Å². The number of benzene rings is 1. The lowest BCUT2D eigenvalue weighted by Crippen LogP contribution is -2.07. The summed E-state index contributed by atoms with van der Waals surface area (Å²) in [5, 5.41) is 1.54. The summed E-state index contributed by atoms with van der Waals surface area (Å²) in [4.78, 5) is 11.8. The Hall–Kier alpha value is -1.28. The number of fused-ring (bicyclic) bond motifs is 3. The summed E-state index contributed by atoms with van der Waals surface area (Å²) in [7, 11) is 0. The minimum atomic E-state index is 0.192. The van der Waals surface area contributed by atoms with Gasteiger partial charge in [-0.15, -0.1) is 0 Å². The molecule has 0 fully saturated rings. The number of carbonyl (C=O) groups is 1. The Bertz CT molecular complexity index is 554. The predicted octanol–water partition coefficient (Wildman–Crippen LogP) is 3.61. The van der Waals surface area contributed by atoms with Gasteiger partial charge in [0.15, 0.2) is 5.78 Å². The lowest BCUT2D eigenvalue weighted by Gasteiger charge is -2.07. The Labute approximate surface area is 91.8 Å². The summed E-state index contributed by atoms with van der Waals surface area (Å²) < 4.78 is 5.64. The Kier molecular flexibility index (Phi) is 1.86. The highest BCUT2D eigenvalue weighted by molar-refractivity contribution is 6.31. The molecule has 1 aliphatic rings. The highest BCUT2D eigenvalue weighted by Gasteiger charge is 2.24. The van der Waals surface area contributed by atoms with Crippen molar-refractivity contribution in [3.05, 3.63) is 34.5 Å². The SMILES string of the molecule is O=C1CCCc2oc3cc(Cl)ccc3c21. The molecule has 0 radical (unpaired) electrons. The van der Waals surface area contributed by atoms with Crippen LogP contribution in [0.2, 0.25) is 5.02 Å². The quantitative estimate of drug-likeness (QED) is 0.679. The molecular weight excluding hydrogens is 212 g/mol. The fourth-order valence-corrected chi connectivity index (χ4v) is 2.30. The first kappa shape index (κ1) is 8.98. The van der Waals surface area contributed by atoms with Crippen molar-refractivity contribution in [3.8, 4) is 0 Å². The van der Waals surface area contributed by atoms with E-state index in [0.29, 0.717) is 11.4 Å². The summed E-state index contributed by atoms with van der Waals surface area (Å²) in [5.41, 5.74) is 1.50. The molecule has 0 saturated heterocycles. The summed E-state index contributed by atoms with van der Waals surface area (Å²) in [6, 6.07) is 5.42. The molecule has 2 aromatic rings. The van der Waals surface area contributed by atoms with Gasteiger partial charge in [-0.05, 0) is 18.6 Å². The van der Waals surface area contributed by atoms with Crippen LogP contribution in [0.5, 0.6) is 0 Å². The van der Waals surface area contributed by atoms with E-state index >= 15 is 0 Å². The fraction of sp³-hybridized carbons (Fsp3) is 0.250. The molecule has 0 atom stereocenters. The highest BCUT2D eigenvalue weighted by Crippen LogP contribution is 2.32. The largest absolute Gasteiger partial charge is 0.460 e. The Balaban J connectivity index is 2.36. The number of rotatable bonds is 0. The number of furan rings is 1. The van der Waals surface area contributed by atoms with Crippen molar-refractivity contribution < 1.29 is 9.21 Å². The Morgan fingerprint density at radius 1 is 1.27 bits per heavy atom. The van der Waals surface area contributed by atoms with Gasteiger partial charge >= 0.3 is 0 Å². The topological polar surface area (TPSA) is 30.2 Å². The van der Waals surface area contributed by atoms with Crippen LogP contribution in [0.15, 0.2) is 22.6 Å². The summed E-state index contributed by atoms with van der Waals surface area (Å²) in [5.74, 6) is 1.01. The molecule has 1 aromatic carbocycles. The van der Waals surface area contributed by atoms with E-state index in [1.807, 2.05) is 6.07 Å². The van der Waals surface area contributed by atoms with Crippen LogP contribution >= 0.6 is 11.6 Å². The van der Waals surface area contributed by atoms with E-state index in [4.69, 9.17) is 16.0 Å². The number of halogens is 1. The van der Waals surface area contributed by atoms with E-state index in [1.54, 1.807) is 12.1 Å². The van der Waals surface area contributed by atoms with Crippen LogP contribution in [0.25, 0.3) is 11.0 Å². The summed E-state index contributed by atoms with van der Waals surface area (Å²) >= 11 is 5.87. The summed E-state index contributed by atoms with van der Waals surface area (Å²) in [6.07, 6.45) is 2.37. The maximum atomic E-state index is 11.8. The van der Waals surface area contributed by atoms with Gasteiger partial charge in [0.25, 0.3) is 0 Å². The van der Waals surface area contributed by atoms with Crippen molar-refractivity contribution in [2.45, 2.75) is 19.3 Å². The third-order valence-electron chi connectivity index (χ3n) is 2.81. The number of Topliss-reactive ketones (excluding diaryl/α,β-unsaturated/α-hetero) is 1. The normalized spacial score (nSPS) is 15.7. The van der Waals surface area contributed by atoms with Crippen molar-refractivity contribution in [2.24, 2.45) is 0 Å². The fourth-order valence-electron chi connectivity index (χ4n) is 2.14. The molecule has 3 rings (SSSR count). The minimum absolute atomic E-state index is 0.192.